The predicted molar refractivity (Wildman–Crippen MR) is 102 cm³/mol. The van der Waals surface area contributed by atoms with E-state index in [1.54, 1.807) is 6.07 Å². The van der Waals surface area contributed by atoms with Gasteiger partial charge < -0.3 is 10.1 Å². The lowest BCUT2D eigenvalue weighted by Crippen LogP contribution is -2.29. The number of carbonyl (C=O) groups is 2. The summed E-state index contributed by atoms with van der Waals surface area (Å²) in [5.41, 5.74) is 2.97. The van der Waals surface area contributed by atoms with E-state index in [1.807, 2.05) is 32.0 Å². The molecule has 7 nitrogen and oxygen atoms in total. The second kappa shape index (κ2) is 8.75. The van der Waals surface area contributed by atoms with Crippen LogP contribution in [0.5, 0.6) is 0 Å². The highest BCUT2D eigenvalue weighted by Gasteiger charge is 2.17. The van der Waals surface area contributed by atoms with E-state index in [2.05, 4.69) is 5.32 Å². The maximum Gasteiger partial charge on any atom is 0.331 e. The Bertz CT molecular complexity index is 905. The molecule has 0 aliphatic heterocycles. The zero-order valence-electron chi connectivity index (χ0n) is 15.3. The lowest BCUT2D eigenvalue weighted by Gasteiger charge is -2.14. The highest BCUT2D eigenvalue weighted by atomic mass is 16.6. The quantitative estimate of drug-likeness (QED) is 0.362. The van der Waals surface area contributed by atoms with Crippen LogP contribution in [-0.4, -0.2) is 22.9 Å². The fraction of sp³-hybridized carbons (Fsp3) is 0.200. The van der Waals surface area contributed by atoms with Crippen molar-refractivity contribution >= 4 is 29.3 Å². The smallest absolute Gasteiger partial charge is 0.331 e. The third kappa shape index (κ3) is 5.78. The first kappa shape index (κ1) is 19.8. The average molecular weight is 368 g/mol. The van der Waals surface area contributed by atoms with Crippen molar-refractivity contribution in [3.05, 3.63) is 75.3 Å². The summed E-state index contributed by atoms with van der Waals surface area (Å²) in [5.74, 6) is -1.16. The van der Waals surface area contributed by atoms with Crippen LogP contribution in [0.4, 0.5) is 11.4 Å². The lowest BCUT2D eigenvalue weighted by molar-refractivity contribution is -0.384. The van der Waals surface area contributed by atoms with Gasteiger partial charge in [0.15, 0.2) is 6.10 Å². The Morgan fingerprint density at radius 3 is 2.63 bits per heavy atom. The minimum atomic E-state index is -0.993. The van der Waals surface area contributed by atoms with Gasteiger partial charge in [-0.25, -0.2) is 4.79 Å². The molecule has 0 radical (unpaired) electrons. The summed E-state index contributed by atoms with van der Waals surface area (Å²) in [7, 11) is 0. The fourth-order valence-electron chi connectivity index (χ4n) is 2.28. The minimum absolute atomic E-state index is 0.0770. The van der Waals surface area contributed by atoms with Crippen molar-refractivity contribution in [2.75, 3.05) is 5.32 Å². The van der Waals surface area contributed by atoms with Gasteiger partial charge in [0.2, 0.25) is 0 Å². The third-order valence-corrected chi connectivity index (χ3v) is 3.81. The van der Waals surface area contributed by atoms with E-state index in [1.165, 1.54) is 31.2 Å². The summed E-state index contributed by atoms with van der Waals surface area (Å²) in [5, 5.41) is 13.5. The molecule has 2 aromatic carbocycles. The van der Waals surface area contributed by atoms with Crippen molar-refractivity contribution < 1.29 is 19.2 Å². The van der Waals surface area contributed by atoms with Crippen LogP contribution in [0.1, 0.15) is 23.6 Å². The Morgan fingerprint density at radius 2 is 1.93 bits per heavy atom. The van der Waals surface area contributed by atoms with E-state index in [4.69, 9.17) is 4.74 Å². The summed E-state index contributed by atoms with van der Waals surface area (Å²) >= 11 is 0. The highest BCUT2D eigenvalue weighted by molar-refractivity contribution is 5.97. The van der Waals surface area contributed by atoms with Gasteiger partial charge in [0.25, 0.3) is 11.6 Å². The SMILES string of the molecule is Cc1ccc(C)c(NC(=O)[C@@H](C)OC(=O)/C=C/c2cccc([N+](=O)[O-])c2)c1. The van der Waals surface area contributed by atoms with Crippen LogP contribution in [0.15, 0.2) is 48.5 Å². The van der Waals surface area contributed by atoms with Gasteiger partial charge >= 0.3 is 5.97 Å². The number of nitro groups is 1. The van der Waals surface area contributed by atoms with Gasteiger partial charge in [0.1, 0.15) is 0 Å². The molecule has 2 rings (SSSR count). The van der Waals surface area contributed by atoms with Gasteiger partial charge in [-0.1, -0.05) is 24.3 Å². The molecule has 0 unspecified atom stereocenters. The normalized spacial score (nSPS) is 11.8. The number of non-ortho nitro benzene ring substituents is 1. The third-order valence-electron chi connectivity index (χ3n) is 3.81. The number of hydrogen-bond acceptors (Lipinski definition) is 5. The molecule has 140 valence electrons. The predicted octanol–water partition coefficient (Wildman–Crippen LogP) is 3.80. The van der Waals surface area contributed by atoms with Gasteiger partial charge in [0, 0.05) is 23.9 Å². The molecule has 0 aliphatic rings. The first-order valence-corrected chi connectivity index (χ1v) is 8.27. The molecule has 1 atom stereocenters. The number of aryl methyl sites for hydroxylation is 2. The molecular formula is C20H20N2O5. The summed E-state index contributed by atoms with van der Waals surface area (Å²) < 4.78 is 5.08. The number of anilines is 1. The molecule has 1 amide bonds. The van der Waals surface area contributed by atoms with E-state index in [9.17, 15) is 19.7 Å². The van der Waals surface area contributed by atoms with Crippen LogP contribution in [0.3, 0.4) is 0 Å². The maximum absolute atomic E-state index is 12.2. The van der Waals surface area contributed by atoms with Gasteiger partial charge in [-0.15, -0.1) is 0 Å². The summed E-state index contributed by atoms with van der Waals surface area (Å²) in [6.07, 6.45) is 1.53. The number of ether oxygens (including phenoxy) is 1. The van der Waals surface area contributed by atoms with Crippen molar-refractivity contribution in [2.24, 2.45) is 0 Å². The Kier molecular flexibility index (Phi) is 6.43. The van der Waals surface area contributed by atoms with Crippen LogP contribution >= 0.6 is 0 Å². The van der Waals surface area contributed by atoms with E-state index >= 15 is 0 Å². The van der Waals surface area contributed by atoms with E-state index in [0.717, 1.165) is 17.2 Å². The Labute approximate surface area is 156 Å². The van der Waals surface area contributed by atoms with Gasteiger partial charge in [-0.3, -0.25) is 14.9 Å². The molecule has 7 heteroatoms. The summed E-state index contributed by atoms with van der Waals surface area (Å²) in [6, 6.07) is 11.5. The number of benzene rings is 2. The average Bonchev–Trinajstić information content (AvgIpc) is 2.63. The largest absolute Gasteiger partial charge is 0.449 e. The number of esters is 1. The zero-order valence-corrected chi connectivity index (χ0v) is 15.3. The van der Waals surface area contributed by atoms with Crippen molar-refractivity contribution in [3.8, 4) is 0 Å². The Morgan fingerprint density at radius 1 is 1.19 bits per heavy atom. The number of nitrogens with one attached hydrogen (secondary N) is 1. The topological polar surface area (TPSA) is 98.5 Å². The number of hydrogen-bond donors (Lipinski definition) is 1. The van der Waals surface area contributed by atoms with Gasteiger partial charge in [-0.2, -0.15) is 0 Å². The van der Waals surface area contributed by atoms with Crippen LogP contribution in [0.2, 0.25) is 0 Å². The van der Waals surface area contributed by atoms with Gasteiger partial charge in [0.05, 0.1) is 4.92 Å². The van der Waals surface area contributed by atoms with Gasteiger partial charge in [-0.05, 0) is 49.6 Å². The van der Waals surface area contributed by atoms with Crippen molar-refractivity contribution in [3.63, 3.8) is 0 Å². The van der Waals surface area contributed by atoms with E-state index in [0.29, 0.717) is 11.3 Å². The molecule has 0 aliphatic carbocycles. The van der Waals surface area contributed by atoms with Crippen LogP contribution < -0.4 is 5.32 Å². The molecule has 0 saturated heterocycles. The number of nitro benzene ring substituents is 1. The number of amides is 1. The van der Waals surface area contributed by atoms with E-state index < -0.39 is 22.9 Å². The summed E-state index contributed by atoms with van der Waals surface area (Å²) in [6.45, 7) is 5.25. The first-order valence-electron chi connectivity index (χ1n) is 8.27. The molecular weight excluding hydrogens is 348 g/mol. The molecule has 0 heterocycles. The van der Waals surface area contributed by atoms with Crippen molar-refractivity contribution in [1.82, 2.24) is 0 Å². The van der Waals surface area contributed by atoms with Crippen molar-refractivity contribution in [1.29, 1.82) is 0 Å². The van der Waals surface area contributed by atoms with Crippen LogP contribution in [0.25, 0.3) is 6.08 Å². The standard InChI is InChI=1S/C20H20N2O5/c1-13-7-8-14(2)18(11-13)21-20(24)15(3)27-19(23)10-9-16-5-4-6-17(12-16)22(25)26/h4-12,15H,1-3H3,(H,21,24)/b10-9+/t15-/m1/s1. The molecule has 0 aromatic heterocycles. The van der Waals surface area contributed by atoms with Crippen molar-refractivity contribution in [2.45, 2.75) is 26.9 Å². The van der Waals surface area contributed by atoms with E-state index in [-0.39, 0.29) is 5.69 Å². The molecule has 27 heavy (non-hydrogen) atoms. The molecule has 0 saturated carbocycles. The fourth-order valence-corrected chi connectivity index (χ4v) is 2.28. The van der Waals surface area contributed by atoms with Crippen LogP contribution in [-0.2, 0) is 14.3 Å². The number of nitrogens with zero attached hydrogens (tertiary/aromatic N) is 1. The Hall–Kier alpha value is -3.48. The first-order chi connectivity index (χ1) is 12.8. The number of carbonyl (C=O) groups excluding carboxylic acids is 2. The number of rotatable bonds is 6. The van der Waals surface area contributed by atoms with Crippen LogP contribution in [0, 0.1) is 24.0 Å². The summed E-state index contributed by atoms with van der Waals surface area (Å²) in [4.78, 5) is 34.4. The molecule has 0 spiro atoms. The zero-order chi connectivity index (χ0) is 20.0. The monoisotopic (exact) mass is 368 g/mol. The lowest BCUT2D eigenvalue weighted by atomic mass is 10.1. The highest BCUT2D eigenvalue weighted by Crippen LogP contribution is 2.17. The maximum atomic E-state index is 12.2. The second-order valence-electron chi connectivity index (χ2n) is 6.07. The second-order valence-corrected chi connectivity index (χ2v) is 6.07. The molecule has 1 N–H and O–H groups in total. The molecule has 0 bridgehead atoms. The molecule has 0 fully saturated rings. The minimum Gasteiger partial charge on any atom is -0.449 e. The molecule has 2 aromatic rings. The Balaban J connectivity index is 1.96.